The number of nitrogens with zero attached hydrogens (tertiary/aromatic N) is 1. The SMILES string of the molecule is CS(C)(C)C(=O)c1ccc([N+](=O)[O-])cc1. The van der Waals surface area contributed by atoms with E-state index < -0.39 is 15.0 Å². The molecule has 0 saturated heterocycles. The van der Waals surface area contributed by atoms with E-state index in [9.17, 15) is 14.9 Å². The first-order valence-electron chi connectivity index (χ1n) is 4.29. The molecule has 1 aromatic rings. The molecule has 0 unspecified atom stereocenters. The quantitative estimate of drug-likeness (QED) is 0.576. The molecule has 5 heteroatoms. The molecule has 82 valence electrons. The summed E-state index contributed by atoms with van der Waals surface area (Å²) in [5, 5.41) is 10.5. The van der Waals surface area contributed by atoms with Crippen LogP contribution in [0.4, 0.5) is 5.69 Å². The number of nitro benzene ring substituents is 1. The highest BCUT2D eigenvalue weighted by atomic mass is 32.3. The molecule has 1 aromatic carbocycles. The molecular formula is C10H13NO3S. The monoisotopic (exact) mass is 227 g/mol. The third-order valence-corrected chi connectivity index (χ3v) is 3.22. The zero-order chi connectivity index (χ0) is 11.6. The van der Waals surface area contributed by atoms with Crippen molar-refractivity contribution >= 4 is 20.8 Å². The molecule has 0 bridgehead atoms. The minimum absolute atomic E-state index is 0.00968. The lowest BCUT2D eigenvalue weighted by molar-refractivity contribution is -0.384. The first kappa shape index (κ1) is 11.7. The zero-order valence-corrected chi connectivity index (χ0v) is 9.71. The van der Waals surface area contributed by atoms with Gasteiger partial charge in [0.1, 0.15) is 0 Å². The third-order valence-electron chi connectivity index (χ3n) is 1.87. The summed E-state index contributed by atoms with van der Waals surface area (Å²) in [5.74, 6) is 0. The van der Waals surface area contributed by atoms with Gasteiger partial charge in [0.15, 0.2) is 0 Å². The summed E-state index contributed by atoms with van der Waals surface area (Å²) < 4.78 is 0. The maximum absolute atomic E-state index is 11.8. The normalized spacial score (nSPS) is 12.2. The van der Waals surface area contributed by atoms with E-state index in [1.54, 1.807) is 0 Å². The van der Waals surface area contributed by atoms with E-state index in [1.165, 1.54) is 24.3 Å². The molecule has 0 spiro atoms. The summed E-state index contributed by atoms with van der Waals surface area (Å²) in [5.41, 5.74) is 0.554. The van der Waals surface area contributed by atoms with Crippen LogP contribution in [0.3, 0.4) is 0 Å². The Hall–Kier alpha value is -1.36. The van der Waals surface area contributed by atoms with Gasteiger partial charge in [-0.15, -0.1) is 0 Å². The van der Waals surface area contributed by atoms with Crippen LogP contribution in [0.1, 0.15) is 10.4 Å². The Morgan fingerprint density at radius 1 is 1.20 bits per heavy atom. The Morgan fingerprint density at radius 3 is 2.00 bits per heavy atom. The Kier molecular flexibility index (Phi) is 3.14. The lowest BCUT2D eigenvalue weighted by Gasteiger charge is -2.22. The summed E-state index contributed by atoms with van der Waals surface area (Å²) in [6, 6.07) is 5.74. The fourth-order valence-corrected chi connectivity index (χ4v) is 1.92. The summed E-state index contributed by atoms with van der Waals surface area (Å²) in [7, 11) is -1.30. The molecular weight excluding hydrogens is 214 g/mol. The minimum atomic E-state index is -1.30. The van der Waals surface area contributed by atoms with Crippen molar-refractivity contribution in [2.45, 2.75) is 0 Å². The molecule has 0 fully saturated rings. The zero-order valence-electron chi connectivity index (χ0n) is 8.89. The van der Waals surface area contributed by atoms with E-state index >= 15 is 0 Å². The van der Waals surface area contributed by atoms with Crippen molar-refractivity contribution in [3.05, 3.63) is 39.9 Å². The van der Waals surface area contributed by atoms with Crippen LogP contribution >= 0.6 is 10.0 Å². The molecule has 0 aromatic heterocycles. The second-order valence-electron chi connectivity index (χ2n) is 3.93. The molecule has 0 amide bonds. The Morgan fingerprint density at radius 2 is 1.67 bits per heavy atom. The van der Waals surface area contributed by atoms with Crippen molar-refractivity contribution in [3.8, 4) is 0 Å². The average Bonchev–Trinajstić information content (AvgIpc) is 2.15. The van der Waals surface area contributed by atoms with E-state index in [4.69, 9.17) is 0 Å². The van der Waals surface area contributed by atoms with Crippen LogP contribution < -0.4 is 0 Å². The number of carbonyl (C=O) groups is 1. The van der Waals surface area contributed by atoms with Crippen molar-refractivity contribution in [3.63, 3.8) is 0 Å². The van der Waals surface area contributed by atoms with E-state index in [1.807, 2.05) is 18.8 Å². The van der Waals surface area contributed by atoms with Gasteiger partial charge in [-0.1, -0.05) is 0 Å². The number of benzene rings is 1. The average molecular weight is 227 g/mol. The molecule has 0 saturated carbocycles. The third kappa shape index (κ3) is 2.79. The van der Waals surface area contributed by atoms with Gasteiger partial charge >= 0.3 is 0 Å². The molecule has 0 aliphatic rings. The van der Waals surface area contributed by atoms with Gasteiger partial charge in [0.25, 0.3) is 5.69 Å². The van der Waals surface area contributed by atoms with Gasteiger partial charge in [-0.05, 0) is 30.9 Å². The largest absolute Gasteiger partial charge is 0.283 e. The van der Waals surface area contributed by atoms with Gasteiger partial charge in [0, 0.05) is 17.7 Å². The maximum atomic E-state index is 11.8. The first-order chi connectivity index (χ1) is 6.82. The van der Waals surface area contributed by atoms with Crippen molar-refractivity contribution in [2.24, 2.45) is 0 Å². The Bertz CT molecular complexity index is 392. The first-order valence-corrected chi connectivity index (χ1v) is 7.15. The van der Waals surface area contributed by atoms with Gasteiger partial charge < -0.3 is 0 Å². The number of non-ortho nitro benzene ring substituents is 1. The molecule has 15 heavy (non-hydrogen) atoms. The topological polar surface area (TPSA) is 60.2 Å². The molecule has 0 heterocycles. The summed E-state index contributed by atoms with van der Waals surface area (Å²) >= 11 is 0. The van der Waals surface area contributed by atoms with Crippen LogP contribution in [0.2, 0.25) is 0 Å². The Labute approximate surface area is 89.8 Å². The fourth-order valence-electron chi connectivity index (χ4n) is 1.07. The lowest BCUT2D eigenvalue weighted by Crippen LogP contribution is -2.08. The van der Waals surface area contributed by atoms with E-state index in [0.29, 0.717) is 5.56 Å². The summed E-state index contributed by atoms with van der Waals surface area (Å²) in [4.78, 5) is 21.7. The van der Waals surface area contributed by atoms with Crippen molar-refractivity contribution < 1.29 is 9.72 Å². The highest BCUT2D eigenvalue weighted by Crippen LogP contribution is 2.38. The number of hydrogen-bond acceptors (Lipinski definition) is 3. The van der Waals surface area contributed by atoms with Gasteiger partial charge in [-0.25, -0.2) is 0 Å². The van der Waals surface area contributed by atoms with Crippen LogP contribution in [0.5, 0.6) is 0 Å². The molecule has 0 radical (unpaired) electrons. The fraction of sp³-hybridized carbons (Fsp3) is 0.300. The summed E-state index contributed by atoms with van der Waals surface area (Å²) in [6.45, 7) is 0. The van der Waals surface area contributed by atoms with Crippen LogP contribution in [0.15, 0.2) is 24.3 Å². The predicted molar refractivity (Wildman–Crippen MR) is 62.8 cm³/mol. The number of carbonyl (C=O) groups excluding carboxylic acids is 1. The molecule has 4 nitrogen and oxygen atoms in total. The number of rotatable bonds is 2. The van der Waals surface area contributed by atoms with Crippen LogP contribution in [-0.2, 0) is 0 Å². The molecule has 1 rings (SSSR count). The summed E-state index contributed by atoms with van der Waals surface area (Å²) in [6.07, 6.45) is 5.70. The van der Waals surface area contributed by atoms with E-state index in [2.05, 4.69) is 0 Å². The molecule has 0 aliphatic heterocycles. The van der Waals surface area contributed by atoms with E-state index in [0.717, 1.165) is 0 Å². The number of nitro groups is 1. The molecule has 0 N–H and O–H groups in total. The van der Waals surface area contributed by atoms with Crippen molar-refractivity contribution in [1.29, 1.82) is 0 Å². The van der Waals surface area contributed by atoms with Gasteiger partial charge in [0.2, 0.25) is 5.12 Å². The second kappa shape index (κ2) is 4.02. The van der Waals surface area contributed by atoms with E-state index in [-0.39, 0.29) is 10.8 Å². The van der Waals surface area contributed by atoms with Crippen molar-refractivity contribution in [2.75, 3.05) is 18.8 Å². The standard InChI is InChI=1S/C10H13NO3S/c1-15(2,3)10(12)8-4-6-9(7-5-8)11(13)14/h4-7H,1-3H3. The number of hydrogen-bond donors (Lipinski definition) is 0. The van der Waals surface area contributed by atoms with Gasteiger partial charge in [0.05, 0.1) is 4.92 Å². The van der Waals surface area contributed by atoms with Gasteiger partial charge in [-0.3, -0.25) is 14.9 Å². The lowest BCUT2D eigenvalue weighted by atomic mass is 10.2. The smallest absolute Gasteiger partial charge is 0.269 e. The van der Waals surface area contributed by atoms with Crippen LogP contribution in [-0.4, -0.2) is 28.8 Å². The Balaban J connectivity index is 3.00. The highest BCUT2D eigenvalue weighted by Gasteiger charge is 2.18. The predicted octanol–water partition coefficient (Wildman–Crippen LogP) is 2.43. The van der Waals surface area contributed by atoms with Crippen molar-refractivity contribution in [1.82, 2.24) is 0 Å². The maximum Gasteiger partial charge on any atom is 0.269 e. The molecule has 0 aliphatic carbocycles. The minimum Gasteiger partial charge on any atom is -0.283 e. The second-order valence-corrected chi connectivity index (χ2v) is 7.97. The van der Waals surface area contributed by atoms with Gasteiger partial charge in [-0.2, -0.15) is 10.0 Å². The molecule has 0 atom stereocenters. The highest BCUT2D eigenvalue weighted by molar-refractivity contribution is 8.44. The van der Waals surface area contributed by atoms with Crippen LogP contribution in [0.25, 0.3) is 0 Å². The van der Waals surface area contributed by atoms with Crippen LogP contribution in [0, 0.1) is 10.1 Å².